The number of hydrogen-bond acceptors (Lipinski definition) is 2. The summed E-state index contributed by atoms with van der Waals surface area (Å²) in [5.41, 5.74) is 1.68. The number of anilines is 1. The molecule has 0 bridgehead atoms. The van der Waals surface area contributed by atoms with Crippen LogP contribution < -0.4 is 10.6 Å². The smallest absolute Gasteiger partial charge is 0.251 e. The van der Waals surface area contributed by atoms with Crippen molar-refractivity contribution in [3.8, 4) is 0 Å². The van der Waals surface area contributed by atoms with Crippen LogP contribution in [0.25, 0.3) is 0 Å². The Balaban J connectivity index is 2.76. The van der Waals surface area contributed by atoms with Gasteiger partial charge in [-0.2, -0.15) is 0 Å². The number of nitrogens with one attached hydrogen (secondary N) is 2. The van der Waals surface area contributed by atoms with Gasteiger partial charge in [0.15, 0.2) is 0 Å². The Morgan fingerprint density at radius 2 is 2.13 bits per heavy atom. The molecule has 0 heterocycles. The van der Waals surface area contributed by atoms with Crippen molar-refractivity contribution >= 4 is 11.6 Å². The number of carbonyl (C=O) groups is 1. The first kappa shape index (κ1) is 11.6. The zero-order valence-corrected chi connectivity index (χ0v) is 9.50. The third-order valence-electron chi connectivity index (χ3n) is 1.93. The van der Waals surface area contributed by atoms with Crippen molar-refractivity contribution in [1.29, 1.82) is 0 Å². The first-order valence-corrected chi connectivity index (χ1v) is 5.28. The highest BCUT2D eigenvalue weighted by Crippen LogP contribution is 2.10. The molecule has 0 aliphatic heterocycles. The molecule has 0 atom stereocenters. The highest BCUT2D eigenvalue weighted by molar-refractivity contribution is 5.95. The Morgan fingerprint density at radius 1 is 1.40 bits per heavy atom. The summed E-state index contributed by atoms with van der Waals surface area (Å²) in [6.45, 7) is 6.79. The fourth-order valence-corrected chi connectivity index (χ4v) is 1.32. The van der Waals surface area contributed by atoms with Gasteiger partial charge < -0.3 is 10.6 Å². The van der Waals surface area contributed by atoms with Crippen molar-refractivity contribution in [2.24, 2.45) is 0 Å². The van der Waals surface area contributed by atoms with Crippen LogP contribution in [0.15, 0.2) is 24.3 Å². The predicted molar refractivity (Wildman–Crippen MR) is 63.2 cm³/mol. The van der Waals surface area contributed by atoms with E-state index in [-0.39, 0.29) is 11.9 Å². The molecule has 3 heteroatoms. The van der Waals surface area contributed by atoms with Crippen LogP contribution >= 0.6 is 0 Å². The minimum absolute atomic E-state index is 0.0234. The molecule has 0 saturated heterocycles. The predicted octanol–water partition coefficient (Wildman–Crippen LogP) is 2.26. The van der Waals surface area contributed by atoms with Crippen molar-refractivity contribution in [3.63, 3.8) is 0 Å². The first-order chi connectivity index (χ1) is 7.13. The third-order valence-corrected chi connectivity index (χ3v) is 1.93. The largest absolute Gasteiger partial charge is 0.385 e. The molecule has 0 saturated carbocycles. The Morgan fingerprint density at radius 3 is 2.73 bits per heavy atom. The van der Waals surface area contributed by atoms with Gasteiger partial charge in [0.05, 0.1) is 0 Å². The molecule has 0 spiro atoms. The summed E-state index contributed by atoms with van der Waals surface area (Å²) in [6, 6.07) is 7.68. The van der Waals surface area contributed by atoms with E-state index in [0.717, 1.165) is 12.2 Å². The van der Waals surface area contributed by atoms with Gasteiger partial charge in [0.1, 0.15) is 0 Å². The summed E-state index contributed by atoms with van der Waals surface area (Å²) >= 11 is 0. The normalized spacial score (nSPS) is 10.1. The fraction of sp³-hybridized carbons (Fsp3) is 0.417. The van der Waals surface area contributed by atoms with Crippen LogP contribution in [0.5, 0.6) is 0 Å². The third kappa shape index (κ3) is 3.62. The van der Waals surface area contributed by atoms with Crippen LogP contribution in [-0.2, 0) is 0 Å². The second kappa shape index (κ2) is 5.39. The van der Waals surface area contributed by atoms with Gasteiger partial charge in [-0.1, -0.05) is 6.07 Å². The molecule has 0 aromatic heterocycles. The highest BCUT2D eigenvalue weighted by Gasteiger charge is 2.06. The van der Waals surface area contributed by atoms with E-state index < -0.39 is 0 Å². The summed E-state index contributed by atoms with van der Waals surface area (Å²) in [5.74, 6) is -0.0234. The van der Waals surface area contributed by atoms with E-state index in [1.54, 1.807) is 0 Å². The molecule has 1 aromatic carbocycles. The maximum Gasteiger partial charge on any atom is 0.251 e. The van der Waals surface area contributed by atoms with Crippen molar-refractivity contribution < 1.29 is 4.79 Å². The molecular formula is C12H18N2O. The summed E-state index contributed by atoms with van der Waals surface area (Å²) in [6.07, 6.45) is 0. The van der Waals surface area contributed by atoms with Crippen molar-refractivity contribution in [2.45, 2.75) is 26.8 Å². The van der Waals surface area contributed by atoms with Crippen molar-refractivity contribution in [2.75, 3.05) is 11.9 Å². The number of amides is 1. The van der Waals surface area contributed by atoms with E-state index in [4.69, 9.17) is 0 Å². The minimum Gasteiger partial charge on any atom is -0.385 e. The fourth-order valence-electron chi connectivity index (χ4n) is 1.32. The van der Waals surface area contributed by atoms with Gasteiger partial charge in [0.2, 0.25) is 0 Å². The van der Waals surface area contributed by atoms with Gasteiger partial charge in [0.25, 0.3) is 5.91 Å². The molecule has 15 heavy (non-hydrogen) atoms. The number of hydrogen-bond donors (Lipinski definition) is 2. The maximum absolute atomic E-state index is 11.7. The van der Waals surface area contributed by atoms with Crippen LogP contribution in [0, 0.1) is 0 Å². The molecule has 82 valence electrons. The second-order valence-corrected chi connectivity index (χ2v) is 3.74. The molecule has 1 aromatic rings. The van der Waals surface area contributed by atoms with Crippen LogP contribution in [0.4, 0.5) is 5.69 Å². The van der Waals surface area contributed by atoms with E-state index >= 15 is 0 Å². The lowest BCUT2D eigenvalue weighted by molar-refractivity contribution is 0.0943. The van der Waals surface area contributed by atoms with E-state index in [1.807, 2.05) is 45.0 Å². The van der Waals surface area contributed by atoms with Crippen molar-refractivity contribution in [3.05, 3.63) is 29.8 Å². The van der Waals surface area contributed by atoms with E-state index in [0.29, 0.717) is 5.56 Å². The average Bonchev–Trinajstić information content (AvgIpc) is 2.17. The van der Waals surface area contributed by atoms with E-state index in [2.05, 4.69) is 10.6 Å². The molecule has 1 amide bonds. The molecule has 0 fully saturated rings. The Labute approximate surface area is 90.9 Å². The van der Waals surface area contributed by atoms with Crippen molar-refractivity contribution in [1.82, 2.24) is 5.32 Å². The topological polar surface area (TPSA) is 41.1 Å². The van der Waals surface area contributed by atoms with E-state index in [1.165, 1.54) is 0 Å². The summed E-state index contributed by atoms with van der Waals surface area (Å²) in [4.78, 5) is 11.7. The number of benzene rings is 1. The monoisotopic (exact) mass is 206 g/mol. The lowest BCUT2D eigenvalue weighted by Crippen LogP contribution is -2.30. The molecule has 0 aliphatic carbocycles. The molecule has 0 unspecified atom stereocenters. The maximum atomic E-state index is 11.7. The Kier molecular flexibility index (Phi) is 4.16. The average molecular weight is 206 g/mol. The van der Waals surface area contributed by atoms with Crippen LogP contribution in [0.3, 0.4) is 0 Å². The Hall–Kier alpha value is -1.51. The van der Waals surface area contributed by atoms with Gasteiger partial charge in [-0.15, -0.1) is 0 Å². The van der Waals surface area contributed by atoms with E-state index in [9.17, 15) is 4.79 Å². The summed E-state index contributed by atoms with van der Waals surface area (Å²) < 4.78 is 0. The van der Waals surface area contributed by atoms with Gasteiger partial charge in [-0.05, 0) is 39.0 Å². The number of carbonyl (C=O) groups excluding carboxylic acids is 1. The zero-order chi connectivity index (χ0) is 11.3. The summed E-state index contributed by atoms with van der Waals surface area (Å²) in [7, 11) is 0. The van der Waals surface area contributed by atoms with Crippen LogP contribution in [0.2, 0.25) is 0 Å². The molecule has 0 radical (unpaired) electrons. The number of rotatable bonds is 4. The molecule has 0 aliphatic rings. The highest BCUT2D eigenvalue weighted by atomic mass is 16.1. The lowest BCUT2D eigenvalue weighted by atomic mass is 10.2. The lowest BCUT2D eigenvalue weighted by Gasteiger charge is -2.09. The SMILES string of the molecule is CCNc1cccc(C(=O)NC(C)C)c1. The quantitative estimate of drug-likeness (QED) is 0.793. The zero-order valence-electron chi connectivity index (χ0n) is 9.50. The Bertz CT molecular complexity index is 334. The van der Waals surface area contributed by atoms with Gasteiger partial charge in [-0.25, -0.2) is 0 Å². The molecular weight excluding hydrogens is 188 g/mol. The minimum atomic E-state index is -0.0234. The standard InChI is InChI=1S/C12H18N2O/c1-4-13-11-7-5-6-10(8-11)12(15)14-9(2)3/h5-9,13H,4H2,1-3H3,(H,14,15). The molecule has 1 rings (SSSR count). The molecule has 2 N–H and O–H groups in total. The van der Waals surface area contributed by atoms with Gasteiger partial charge >= 0.3 is 0 Å². The van der Waals surface area contributed by atoms with Crippen LogP contribution in [-0.4, -0.2) is 18.5 Å². The summed E-state index contributed by atoms with van der Waals surface area (Å²) in [5, 5.41) is 6.04. The second-order valence-electron chi connectivity index (χ2n) is 3.74. The molecule has 3 nitrogen and oxygen atoms in total. The van der Waals surface area contributed by atoms with Crippen LogP contribution in [0.1, 0.15) is 31.1 Å². The van der Waals surface area contributed by atoms with Gasteiger partial charge in [-0.3, -0.25) is 4.79 Å². The van der Waals surface area contributed by atoms with Gasteiger partial charge in [0, 0.05) is 23.8 Å². The first-order valence-electron chi connectivity index (χ1n) is 5.28.